The van der Waals surface area contributed by atoms with Crippen LogP contribution in [0.5, 0.6) is 5.75 Å². The number of carbonyl (C=O) groups is 1. The number of aromatic amines is 1. The first kappa shape index (κ1) is 20.2. The first-order valence-electron chi connectivity index (χ1n) is 10.2. The molecule has 1 heterocycles. The summed E-state index contributed by atoms with van der Waals surface area (Å²) in [5, 5.41) is 13.1. The number of para-hydroxylation sites is 1. The summed E-state index contributed by atoms with van der Waals surface area (Å²) in [5.74, 6) is 0.367. The van der Waals surface area contributed by atoms with Crippen molar-refractivity contribution in [1.29, 1.82) is 5.26 Å². The van der Waals surface area contributed by atoms with Crippen LogP contribution < -0.4 is 10.1 Å². The summed E-state index contributed by atoms with van der Waals surface area (Å²) in [5.41, 5.74) is 3.90. The largest absolute Gasteiger partial charge is 0.481 e. The molecule has 0 fully saturated rings. The molecule has 2 atom stereocenters. The number of carbonyl (C=O) groups excluding carboxylic acids is 1. The van der Waals surface area contributed by atoms with E-state index < -0.39 is 6.10 Å². The van der Waals surface area contributed by atoms with E-state index in [1.54, 1.807) is 31.2 Å². The van der Waals surface area contributed by atoms with E-state index in [-0.39, 0.29) is 11.8 Å². The fourth-order valence-electron chi connectivity index (χ4n) is 3.69. The van der Waals surface area contributed by atoms with Crippen molar-refractivity contribution in [2.24, 2.45) is 0 Å². The van der Waals surface area contributed by atoms with E-state index in [2.05, 4.69) is 34.6 Å². The van der Waals surface area contributed by atoms with Gasteiger partial charge < -0.3 is 15.0 Å². The second-order valence-electron chi connectivity index (χ2n) is 7.39. The normalized spacial score (nSPS) is 12.6. The van der Waals surface area contributed by atoms with Gasteiger partial charge >= 0.3 is 0 Å². The molecule has 0 aliphatic heterocycles. The van der Waals surface area contributed by atoms with Gasteiger partial charge in [-0.1, -0.05) is 48.5 Å². The summed E-state index contributed by atoms with van der Waals surface area (Å²) in [7, 11) is 0. The Hall–Kier alpha value is -4.04. The monoisotopic (exact) mass is 409 g/mol. The minimum Gasteiger partial charge on any atom is -0.481 e. The number of nitrogens with zero attached hydrogens (tertiary/aromatic N) is 1. The molecule has 0 spiro atoms. The van der Waals surface area contributed by atoms with Crippen LogP contribution in [-0.4, -0.2) is 23.5 Å². The van der Waals surface area contributed by atoms with Crippen LogP contribution in [0.1, 0.15) is 29.5 Å². The van der Waals surface area contributed by atoms with E-state index in [1.165, 1.54) is 0 Å². The van der Waals surface area contributed by atoms with Crippen LogP contribution in [0.15, 0.2) is 85.1 Å². The number of nitrogens with one attached hydrogen (secondary N) is 2. The molecule has 2 N–H and O–H groups in total. The minimum atomic E-state index is -0.660. The van der Waals surface area contributed by atoms with Crippen LogP contribution in [-0.2, 0) is 4.79 Å². The van der Waals surface area contributed by atoms with Gasteiger partial charge in [-0.05, 0) is 48.4 Å². The summed E-state index contributed by atoms with van der Waals surface area (Å²) < 4.78 is 5.75. The molecule has 3 aromatic carbocycles. The van der Waals surface area contributed by atoms with Gasteiger partial charge in [0, 0.05) is 29.6 Å². The molecule has 0 radical (unpaired) electrons. The van der Waals surface area contributed by atoms with Crippen LogP contribution in [0.3, 0.4) is 0 Å². The van der Waals surface area contributed by atoms with Crippen molar-refractivity contribution in [1.82, 2.24) is 10.3 Å². The van der Waals surface area contributed by atoms with E-state index in [9.17, 15) is 4.79 Å². The molecule has 0 aliphatic rings. The number of aromatic nitrogens is 1. The van der Waals surface area contributed by atoms with E-state index >= 15 is 0 Å². The number of fused-ring (bicyclic) bond motifs is 1. The van der Waals surface area contributed by atoms with E-state index in [1.807, 2.05) is 42.6 Å². The van der Waals surface area contributed by atoms with Crippen molar-refractivity contribution in [2.45, 2.75) is 18.9 Å². The van der Waals surface area contributed by atoms with Crippen molar-refractivity contribution in [2.75, 3.05) is 6.54 Å². The zero-order valence-corrected chi connectivity index (χ0v) is 17.2. The number of H-pyrrole nitrogens is 1. The Labute approximate surface area is 181 Å². The topological polar surface area (TPSA) is 77.9 Å². The molecular formula is C26H23N3O2. The highest BCUT2D eigenvalue weighted by atomic mass is 16.5. The molecule has 4 rings (SSSR count). The van der Waals surface area contributed by atoms with E-state index in [0.29, 0.717) is 17.9 Å². The van der Waals surface area contributed by atoms with Crippen LogP contribution in [0.4, 0.5) is 0 Å². The van der Waals surface area contributed by atoms with Gasteiger partial charge in [0.1, 0.15) is 5.75 Å². The Bertz CT molecular complexity index is 1210. The molecule has 0 aliphatic carbocycles. The lowest BCUT2D eigenvalue weighted by atomic mass is 9.91. The highest BCUT2D eigenvalue weighted by Crippen LogP contribution is 2.30. The van der Waals surface area contributed by atoms with E-state index in [4.69, 9.17) is 10.00 Å². The molecule has 2 unspecified atom stereocenters. The molecule has 1 amide bonds. The molecule has 4 aromatic rings. The van der Waals surface area contributed by atoms with Crippen LogP contribution in [0.25, 0.3) is 10.9 Å². The van der Waals surface area contributed by atoms with Gasteiger partial charge in [-0.2, -0.15) is 5.26 Å². The Kier molecular flexibility index (Phi) is 6.00. The van der Waals surface area contributed by atoms with Gasteiger partial charge in [0.25, 0.3) is 5.91 Å². The molecular weight excluding hydrogens is 386 g/mol. The average molecular weight is 409 g/mol. The lowest BCUT2D eigenvalue weighted by molar-refractivity contribution is -0.127. The summed E-state index contributed by atoms with van der Waals surface area (Å²) >= 11 is 0. The maximum Gasteiger partial charge on any atom is 0.260 e. The lowest BCUT2D eigenvalue weighted by Gasteiger charge is -2.20. The first-order chi connectivity index (χ1) is 15.2. The minimum absolute atomic E-state index is 0.00316. The molecule has 5 heteroatoms. The number of hydrogen-bond acceptors (Lipinski definition) is 3. The zero-order chi connectivity index (χ0) is 21.6. The summed E-state index contributed by atoms with van der Waals surface area (Å²) in [4.78, 5) is 16.1. The summed E-state index contributed by atoms with van der Waals surface area (Å²) in [6, 6.07) is 27.1. The highest BCUT2D eigenvalue weighted by molar-refractivity contribution is 5.85. The number of rotatable bonds is 7. The molecule has 5 nitrogen and oxygen atoms in total. The predicted octanol–water partition coefficient (Wildman–Crippen LogP) is 4.76. The first-order valence-corrected chi connectivity index (χ1v) is 10.2. The molecule has 0 bridgehead atoms. The summed E-state index contributed by atoms with van der Waals surface area (Å²) in [6.45, 7) is 2.17. The maximum atomic E-state index is 12.7. The fourth-order valence-corrected chi connectivity index (χ4v) is 3.69. The maximum absolute atomic E-state index is 12.7. The van der Waals surface area contributed by atoms with Crippen molar-refractivity contribution in [3.05, 3.63) is 102 Å². The fraction of sp³-hybridized carbons (Fsp3) is 0.154. The van der Waals surface area contributed by atoms with Crippen LogP contribution in [0, 0.1) is 11.3 Å². The third-order valence-electron chi connectivity index (χ3n) is 5.34. The third-order valence-corrected chi connectivity index (χ3v) is 5.34. The van der Waals surface area contributed by atoms with Crippen molar-refractivity contribution < 1.29 is 9.53 Å². The van der Waals surface area contributed by atoms with Gasteiger partial charge in [0.2, 0.25) is 0 Å². The van der Waals surface area contributed by atoms with Gasteiger partial charge in [-0.25, -0.2) is 0 Å². The second-order valence-corrected chi connectivity index (χ2v) is 7.39. The number of benzene rings is 3. The average Bonchev–Trinajstić information content (AvgIpc) is 3.24. The Morgan fingerprint density at radius 1 is 1.03 bits per heavy atom. The van der Waals surface area contributed by atoms with Crippen molar-refractivity contribution >= 4 is 16.8 Å². The lowest BCUT2D eigenvalue weighted by Crippen LogP contribution is -2.38. The highest BCUT2D eigenvalue weighted by Gasteiger charge is 2.21. The standard InChI is InChI=1S/C26H23N3O2/c1-18(31-21-13-11-19(15-27)12-14-21)26(30)29-16-23(20-7-3-2-4-8-20)24-17-28-25-10-6-5-9-22(24)25/h2-14,17-18,23,28H,16H2,1H3,(H,29,30). The summed E-state index contributed by atoms with van der Waals surface area (Å²) in [6.07, 6.45) is 1.36. The smallest absolute Gasteiger partial charge is 0.260 e. The Morgan fingerprint density at radius 2 is 1.74 bits per heavy atom. The SMILES string of the molecule is CC(Oc1ccc(C#N)cc1)C(=O)NCC(c1ccccc1)c1c[nH]c2ccccc12. The second kappa shape index (κ2) is 9.19. The molecule has 1 aromatic heterocycles. The zero-order valence-electron chi connectivity index (χ0n) is 17.2. The van der Waals surface area contributed by atoms with Crippen LogP contribution >= 0.6 is 0 Å². The Morgan fingerprint density at radius 3 is 2.48 bits per heavy atom. The third kappa shape index (κ3) is 4.59. The van der Waals surface area contributed by atoms with Gasteiger partial charge in [0.15, 0.2) is 6.10 Å². The van der Waals surface area contributed by atoms with Crippen molar-refractivity contribution in [3.8, 4) is 11.8 Å². The molecule has 154 valence electrons. The Balaban J connectivity index is 1.49. The number of ether oxygens (including phenoxy) is 1. The van der Waals surface area contributed by atoms with Gasteiger partial charge in [-0.15, -0.1) is 0 Å². The van der Waals surface area contributed by atoms with Gasteiger partial charge in [-0.3, -0.25) is 4.79 Å². The van der Waals surface area contributed by atoms with Gasteiger partial charge in [0.05, 0.1) is 11.6 Å². The quantitative estimate of drug-likeness (QED) is 0.462. The van der Waals surface area contributed by atoms with Crippen molar-refractivity contribution in [3.63, 3.8) is 0 Å². The number of hydrogen-bond donors (Lipinski definition) is 2. The van der Waals surface area contributed by atoms with E-state index in [0.717, 1.165) is 22.0 Å². The molecule has 0 saturated carbocycles. The molecule has 31 heavy (non-hydrogen) atoms. The molecule has 0 saturated heterocycles. The van der Waals surface area contributed by atoms with Crippen LogP contribution in [0.2, 0.25) is 0 Å². The predicted molar refractivity (Wildman–Crippen MR) is 121 cm³/mol. The number of nitriles is 1. The number of amides is 1.